The Labute approximate surface area is 197 Å². The Hall–Kier alpha value is -2.53. The molecular formula is C23H29N7O2S. The first-order chi connectivity index (χ1) is 16.2. The van der Waals surface area contributed by atoms with Gasteiger partial charge in [0.2, 0.25) is 5.88 Å². The molecule has 3 atom stereocenters. The summed E-state index contributed by atoms with van der Waals surface area (Å²) in [5.74, 6) is 2.48. The Balaban J connectivity index is 1.14. The third-order valence-electron chi connectivity index (χ3n) is 6.22. The van der Waals surface area contributed by atoms with Gasteiger partial charge in [-0.2, -0.15) is 0 Å². The molecule has 9 nitrogen and oxygen atoms in total. The lowest BCUT2D eigenvalue weighted by Crippen LogP contribution is -2.48. The van der Waals surface area contributed by atoms with Gasteiger partial charge in [0.15, 0.2) is 5.82 Å². The molecule has 1 aliphatic heterocycles. The molecule has 0 spiro atoms. The van der Waals surface area contributed by atoms with Crippen LogP contribution in [0.15, 0.2) is 35.6 Å². The van der Waals surface area contributed by atoms with Crippen LogP contribution in [0.4, 0.5) is 5.82 Å². The van der Waals surface area contributed by atoms with E-state index >= 15 is 0 Å². The van der Waals surface area contributed by atoms with Crippen LogP contribution in [0, 0.1) is 0 Å². The van der Waals surface area contributed by atoms with Gasteiger partial charge in [0.1, 0.15) is 5.03 Å². The number of thioether (sulfide) groups is 1. The van der Waals surface area contributed by atoms with Gasteiger partial charge < -0.3 is 25.8 Å². The second-order valence-electron chi connectivity index (χ2n) is 8.43. The third-order valence-corrected chi connectivity index (χ3v) is 7.20. The Bertz CT molecular complexity index is 1120. The molecule has 1 aliphatic carbocycles. The number of nitrogens with one attached hydrogen (secondary N) is 3. The van der Waals surface area contributed by atoms with Gasteiger partial charge in [-0.3, -0.25) is 4.98 Å². The van der Waals surface area contributed by atoms with Gasteiger partial charge in [-0.25, -0.2) is 15.0 Å². The van der Waals surface area contributed by atoms with Crippen LogP contribution in [0.25, 0.3) is 11.0 Å². The number of hydrogen-bond donors (Lipinski definition) is 4. The smallest absolute Gasteiger partial charge is 0.213 e. The van der Waals surface area contributed by atoms with E-state index in [0.717, 1.165) is 58.3 Å². The number of aliphatic hydroxyl groups excluding tert-OH is 1. The summed E-state index contributed by atoms with van der Waals surface area (Å²) >= 11 is 1.74. The zero-order valence-corrected chi connectivity index (χ0v) is 19.4. The number of hydrogen-bond acceptors (Lipinski definition) is 10. The molecule has 4 heterocycles. The average molecular weight is 468 g/mol. The number of rotatable bonds is 7. The van der Waals surface area contributed by atoms with E-state index in [-0.39, 0.29) is 12.1 Å². The fraction of sp³-hybridized carbons (Fsp3) is 0.478. The second-order valence-corrected chi connectivity index (χ2v) is 9.51. The summed E-state index contributed by atoms with van der Waals surface area (Å²) in [6.07, 6.45) is 5.81. The molecule has 1 fully saturated rings. The van der Waals surface area contributed by atoms with E-state index in [1.807, 2.05) is 24.4 Å². The molecule has 3 aromatic rings. The monoisotopic (exact) mass is 467 g/mol. The molecule has 33 heavy (non-hydrogen) atoms. The van der Waals surface area contributed by atoms with Crippen LogP contribution in [0.2, 0.25) is 0 Å². The number of fused-ring (bicyclic) bond motifs is 2. The topological polar surface area (TPSA) is 117 Å². The first-order valence-corrected chi connectivity index (χ1v) is 12.3. The van der Waals surface area contributed by atoms with Crippen LogP contribution in [0.1, 0.15) is 30.5 Å². The number of methoxy groups -OCH3 is 1. The van der Waals surface area contributed by atoms with E-state index in [1.165, 1.54) is 0 Å². The molecule has 10 heteroatoms. The highest BCUT2D eigenvalue weighted by molar-refractivity contribution is 7.99. The molecule has 174 valence electrons. The van der Waals surface area contributed by atoms with Crippen LogP contribution in [0.3, 0.4) is 0 Å². The highest BCUT2D eigenvalue weighted by Gasteiger charge is 2.29. The molecule has 3 aromatic heterocycles. The summed E-state index contributed by atoms with van der Waals surface area (Å²) in [6.45, 7) is 2.19. The highest BCUT2D eigenvalue weighted by Crippen LogP contribution is 2.27. The van der Waals surface area contributed by atoms with E-state index < -0.39 is 6.10 Å². The van der Waals surface area contributed by atoms with Crippen molar-refractivity contribution in [2.75, 3.05) is 24.7 Å². The van der Waals surface area contributed by atoms with Gasteiger partial charge in [0.05, 0.1) is 36.1 Å². The Morgan fingerprint density at radius 3 is 2.97 bits per heavy atom. The van der Waals surface area contributed by atoms with Crippen molar-refractivity contribution in [3.8, 4) is 5.88 Å². The predicted molar refractivity (Wildman–Crippen MR) is 128 cm³/mol. The third kappa shape index (κ3) is 5.19. The lowest BCUT2D eigenvalue weighted by atomic mass is 9.88. The molecule has 0 saturated heterocycles. The van der Waals surface area contributed by atoms with Crippen molar-refractivity contribution in [2.24, 2.45) is 0 Å². The Morgan fingerprint density at radius 2 is 2.09 bits per heavy atom. The van der Waals surface area contributed by atoms with E-state index in [2.05, 4.69) is 35.9 Å². The molecule has 0 radical (unpaired) electrons. The minimum absolute atomic E-state index is 0.0432. The molecule has 0 bridgehead atoms. The lowest BCUT2D eigenvalue weighted by Gasteiger charge is -2.34. The van der Waals surface area contributed by atoms with Crippen LogP contribution >= 0.6 is 11.8 Å². The second kappa shape index (κ2) is 10.2. The van der Waals surface area contributed by atoms with Crippen LogP contribution in [-0.2, 0) is 13.1 Å². The van der Waals surface area contributed by atoms with Gasteiger partial charge in [0, 0.05) is 49.7 Å². The number of pyridine rings is 2. The number of aliphatic hydroxyl groups is 1. The lowest BCUT2D eigenvalue weighted by molar-refractivity contribution is 0.0741. The van der Waals surface area contributed by atoms with Gasteiger partial charge in [-0.1, -0.05) is 0 Å². The van der Waals surface area contributed by atoms with Crippen LogP contribution in [0.5, 0.6) is 5.88 Å². The summed E-state index contributed by atoms with van der Waals surface area (Å²) in [5, 5.41) is 22.1. The number of nitrogens with zero attached hydrogens (tertiary/aromatic N) is 4. The van der Waals surface area contributed by atoms with Crippen molar-refractivity contribution in [1.29, 1.82) is 0 Å². The number of aromatic nitrogens is 4. The standard InChI is InChI=1S/C23H29N7O2S/c1-32-20-5-4-18-21(30-20)14(6-7-24-18)11-27-17-3-2-15(10-19(17)31)26-12-16-13-28-23-22(29-16)25-8-9-33-23/h4-7,13,15,17,19,26-27,31H,2-3,8-12H2,1H3,(H,25,29)/t15-,17-,19+/m0/s1. The largest absolute Gasteiger partial charge is 0.481 e. The van der Waals surface area contributed by atoms with Crippen molar-refractivity contribution < 1.29 is 9.84 Å². The molecule has 0 aromatic carbocycles. The molecular weight excluding hydrogens is 438 g/mol. The molecule has 5 rings (SSSR count). The van der Waals surface area contributed by atoms with Crippen LogP contribution in [-0.4, -0.2) is 62.6 Å². The van der Waals surface area contributed by atoms with Crippen molar-refractivity contribution in [1.82, 2.24) is 30.6 Å². The normalized spacial score (nSPS) is 22.5. The van der Waals surface area contributed by atoms with Crippen molar-refractivity contribution in [3.63, 3.8) is 0 Å². The zero-order chi connectivity index (χ0) is 22.6. The SMILES string of the molecule is COc1ccc2nccc(CN[C@H]3CC[C@H](NCc4cnc5c(n4)NCCS5)C[C@H]3O)c2n1. The van der Waals surface area contributed by atoms with E-state index in [0.29, 0.717) is 25.4 Å². The minimum atomic E-state index is -0.417. The maximum absolute atomic E-state index is 10.8. The zero-order valence-electron chi connectivity index (χ0n) is 18.6. The number of anilines is 1. The van der Waals surface area contributed by atoms with Gasteiger partial charge >= 0.3 is 0 Å². The number of ether oxygens (including phenoxy) is 1. The molecule has 0 amide bonds. The summed E-state index contributed by atoms with van der Waals surface area (Å²) < 4.78 is 5.26. The first kappa shape index (κ1) is 22.3. The maximum atomic E-state index is 10.8. The summed E-state index contributed by atoms with van der Waals surface area (Å²) in [5.41, 5.74) is 3.63. The fourth-order valence-electron chi connectivity index (χ4n) is 4.42. The maximum Gasteiger partial charge on any atom is 0.213 e. The molecule has 2 aliphatic rings. The van der Waals surface area contributed by atoms with E-state index in [9.17, 15) is 5.11 Å². The van der Waals surface area contributed by atoms with Crippen LogP contribution < -0.4 is 20.7 Å². The summed E-state index contributed by atoms with van der Waals surface area (Å²) in [7, 11) is 1.61. The van der Waals surface area contributed by atoms with E-state index in [1.54, 1.807) is 25.1 Å². The summed E-state index contributed by atoms with van der Waals surface area (Å²) in [4.78, 5) is 18.1. The molecule has 4 N–H and O–H groups in total. The van der Waals surface area contributed by atoms with Gasteiger partial charge in [-0.15, -0.1) is 11.8 Å². The van der Waals surface area contributed by atoms with Crippen molar-refractivity contribution in [3.05, 3.63) is 41.9 Å². The van der Waals surface area contributed by atoms with Crippen molar-refractivity contribution in [2.45, 2.75) is 55.6 Å². The fourth-order valence-corrected chi connectivity index (χ4v) is 5.19. The summed E-state index contributed by atoms with van der Waals surface area (Å²) in [6, 6.07) is 6.00. The average Bonchev–Trinajstić information content (AvgIpc) is 2.86. The first-order valence-electron chi connectivity index (χ1n) is 11.4. The quantitative estimate of drug-likeness (QED) is 0.411. The highest BCUT2D eigenvalue weighted by atomic mass is 32.2. The molecule has 0 unspecified atom stereocenters. The minimum Gasteiger partial charge on any atom is -0.481 e. The van der Waals surface area contributed by atoms with Crippen molar-refractivity contribution >= 4 is 28.6 Å². The van der Waals surface area contributed by atoms with Gasteiger partial charge in [-0.05, 0) is 37.0 Å². The predicted octanol–water partition coefficient (Wildman–Crippen LogP) is 2.11. The van der Waals surface area contributed by atoms with E-state index in [4.69, 9.17) is 4.74 Å². The van der Waals surface area contributed by atoms with Gasteiger partial charge in [0.25, 0.3) is 0 Å². The Morgan fingerprint density at radius 1 is 1.15 bits per heavy atom. The molecule has 1 saturated carbocycles. The Kier molecular flexibility index (Phi) is 6.86.